The predicted molar refractivity (Wildman–Crippen MR) is 41.2 cm³/mol. The largest absolute Gasteiger partial charge is 0.393 e. The molecule has 0 spiro atoms. The van der Waals surface area contributed by atoms with E-state index in [0.29, 0.717) is 12.1 Å². The third-order valence-electron chi connectivity index (χ3n) is 1.71. The summed E-state index contributed by atoms with van der Waals surface area (Å²) in [4.78, 5) is 9.91. The molecular weight excluding hydrogens is 144 g/mol. The molecule has 4 heteroatoms. The molecule has 0 atom stereocenters. The Morgan fingerprint density at radius 3 is 2.73 bits per heavy atom. The third-order valence-corrected chi connectivity index (χ3v) is 1.71. The second-order valence-corrected chi connectivity index (χ2v) is 2.65. The molecule has 1 aliphatic carbocycles. The Morgan fingerprint density at radius 1 is 1.64 bits per heavy atom. The average Bonchev–Trinajstić information content (AvgIpc) is 1.85. The van der Waals surface area contributed by atoms with Gasteiger partial charge in [0.05, 0.1) is 4.92 Å². The summed E-state index contributed by atoms with van der Waals surface area (Å²) in [7, 11) is 0. The Bertz CT molecular complexity index is 253. The topological polar surface area (TPSA) is 69.2 Å². The van der Waals surface area contributed by atoms with E-state index in [2.05, 4.69) is 0 Å². The molecule has 0 aromatic heterocycles. The van der Waals surface area contributed by atoms with Gasteiger partial charge in [-0.15, -0.1) is 0 Å². The van der Waals surface area contributed by atoms with Crippen molar-refractivity contribution >= 4 is 0 Å². The Hall–Kier alpha value is -1.32. The first-order chi connectivity index (χ1) is 5.11. The number of nitrogens with two attached hydrogens (primary N) is 1. The summed E-state index contributed by atoms with van der Waals surface area (Å²) >= 11 is 0. The molecule has 0 aromatic rings. The number of allylic oxidation sites excluding steroid dienone is 3. The quantitative estimate of drug-likeness (QED) is 0.455. The molecule has 0 fully saturated rings. The van der Waals surface area contributed by atoms with Crippen LogP contribution in [0.2, 0.25) is 0 Å². The molecule has 0 aromatic carbocycles. The van der Waals surface area contributed by atoms with E-state index >= 15 is 0 Å². The molecule has 4 nitrogen and oxygen atoms in total. The Morgan fingerprint density at radius 2 is 2.27 bits per heavy atom. The molecule has 0 saturated heterocycles. The molecule has 0 amide bonds. The molecule has 11 heavy (non-hydrogen) atoms. The van der Waals surface area contributed by atoms with Crippen LogP contribution in [0.1, 0.15) is 19.8 Å². The summed E-state index contributed by atoms with van der Waals surface area (Å²) < 4.78 is 0. The van der Waals surface area contributed by atoms with E-state index in [1.54, 1.807) is 6.08 Å². The number of hydrogen-bond acceptors (Lipinski definition) is 3. The van der Waals surface area contributed by atoms with Crippen LogP contribution in [0.5, 0.6) is 0 Å². The molecule has 60 valence electrons. The van der Waals surface area contributed by atoms with Gasteiger partial charge in [0.2, 0.25) is 0 Å². The van der Waals surface area contributed by atoms with Gasteiger partial charge in [0, 0.05) is 6.42 Å². The number of hydrogen-bond donors (Lipinski definition) is 1. The second-order valence-electron chi connectivity index (χ2n) is 2.65. The van der Waals surface area contributed by atoms with Gasteiger partial charge in [0.1, 0.15) is 5.70 Å². The molecule has 2 N–H and O–H groups in total. The van der Waals surface area contributed by atoms with Crippen molar-refractivity contribution in [3.8, 4) is 0 Å². The van der Waals surface area contributed by atoms with Crippen LogP contribution in [0.4, 0.5) is 0 Å². The summed E-state index contributed by atoms with van der Waals surface area (Å²) in [5, 5.41) is 10.3. The molecule has 1 aliphatic rings. The summed E-state index contributed by atoms with van der Waals surface area (Å²) in [5.41, 5.74) is 6.99. The third kappa shape index (κ3) is 1.58. The number of rotatable bonds is 1. The van der Waals surface area contributed by atoms with Gasteiger partial charge in [-0.25, -0.2) is 0 Å². The summed E-state index contributed by atoms with van der Waals surface area (Å²) in [6, 6.07) is 0. The Balaban J connectivity index is 2.95. The summed E-state index contributed by atoms with van der Waals surface area (Å²) in [5.74, 6) is 0. The number of nitro groups is 1. The van der Waals surface area contributed by atoms with E-state index in [-0.39, 0.29) is 5.70 Å². The van der Waals surface area contributed by atoms with Crippen molar-refractivity contribution in [2.24, 2.45) is 5.73 Å². The van der Waals surface area contributed by atoms with E-state index < -0.39 is 4.92 Å². The van der Waals surface area contributed by atoms with Crippen molar-refractivity contribution in [1.82, 2.24) is 0 Å². The molecule has 0 unspecified atom stereocenters. The van der Waals surface area contributed by atoms with Crippen molar-refractivity contribution in [3.05, 3.63) is 33.2 Å². The molecule has 0 radical (unpaired) electrons. The van der Waals surface area contributed by atoms with E-state index in [1.807, 2.05) is 6.92 Å². The monoisotopic (exact) mass is 154 g/mol. The number of nitrogens with zero attached hydrogens (tertiary/aromatic N) is 1. The average molecular weight is 154 g/mol. The van der Waals surface area contributed by atoms with Crippen LogP contribution in [0.25, 0.3) is 0 Å². The van der Waals surface area contributed by atoms with Gasteiger partial charge in [-0.1, -0.05) is 5.57 Å². The predicted octanol–water partition coefficient (Wildman–Crippen LogP) is 1.17. The van der Waals surface area contributed by atoms with Gasteiger partial charge in [-0.2, -0.15) is 0 Å². The van der Waals surface area contributed by atoms with Crippen molar-refractivity contribution < 1.29 is 4.92 Å². The Kier molecular flexibility index (Phi) is 1.94. The van der Waals surface area contributed by atoms with Gasteiger partial charge in [0.15, 0.2) is 0 Å². The van der Waals surface area contributed by atoms with Crippen LogP contribution in [0.15, 0.2) is 23.0 Å². The van der Waals surface area contributed by atoms with E-state index in [9.17, 15) is 10.1 Å². The minimum atomic E-state index is -0.404. The second kappa shape index (κ2) is 2.74. The van der Waals surface area contributed by atoms with Crippen LogP contribution >= 0.6 is 0 Å². The van der Waals surface area contributed by atoms with Crippen LogP contribution in [0.3, 0.4) is 0 Å². The fraction of sp³-hybridized carbons (Fsp3) is 0.429. The highest BCUT2D eigenvalue weighted by Crippen LogP contribution is 2.20. The first kappa shape index (κ1) is 7.78. The molecule has 0 heterocycles. The van der Waals surface area contributed by atoms with Crippen LogP contribution < -0.4 is 5.73 Å². The lowest BCUT2D eigenvalue weighted by atomic mass is 10.0. The fourth-order valence-electron chi connectivity index (χ4n) is 1.08. The van der Waals surface area contributed by atoms with Gasteiger partial charge in [0.25, 0.3) is 5.70 Å². The van der Waals surface area contributed by atoms with Crippen molar-refractivity contribution in [1.29, 1.82) is 0 Å². The standard InChI is InChI=1S/C7H10N2O2/c1-5-2-3-7(9(10)11)6(8)4-5/h4H,2-3,8H2,1H3. The van der Waals surface area contributed by atoms with E-state index in [4.69, 9.17) is 5.73 Å². The minimum Gasteiger partial charge on any atom is -0.393 e. The maximum Gasteiger partial charge on any atom is 0.269 e. The van der Waals surface area contributed by atoms with Gasteiger partial charge in [-0.05, 0) is 19.4 Å². The van der Waals surface area contributed by atoms with Crippen molar-refractivity contribution in [2.75, 3.05) is 0 Å². The maximum atomic E-state index is 10.3. The lowest BCUT2D eigenvalue weighted by Crippen LogP contribution is -2.11. The molecular formula is C7H10N2O2. The van der Waals surface area contributed by atoms with Crippen LogP contribution in [-0.4, -0.2) is 4.92 Å². The first-order valence-corrected chi connectivity index (χ1v) is 3.41. The Labute approximate surface area is 64.5 Å². The first-order valence-electron chi connectivity index (χ1n) is 3.41. The van der Waals surface area contributed by atoms with E-state index in [0.717, 1.165) is 12.0 Å². The van der Waals surface area contributed by atoms with Gasteiger partial charge < -0.3 is 5.73 Å². The lowest BCUT2D eigenvalue weighted by Gasteiger charge is -2.07. The highest BCUT2D eigenvalue weighted by Gasteiger charge is 2.18. The zero-order valence-corrected chi connectivity index (χ0v) is 6.33. The zero-order chi connectivity index (χ0) is 8.43. The van der Waals surface area contributed by atoms with Crippen molar-refractivity contribution in [2.45, 2.75) is 19.8 Å². The summed E-state index contributed by atoms with van der Waals surface area (Å²) in [6.45, 7) is 1.92. The normalized spacial score (nSPS) is 18.1. The molecule has 0 saturated carbocycles. The molecule has 0 bridgehead atoms. The van der Waals surface area contributed by atoms with Crippen LogP contribution in [0, 0.1) is 10.1 Å². The van der Waals surface area contributed by atoms with Crippen molar-refractivity contribution in [3.63, 3.8) is 0 Å². The fourth-order valence-corrected chi connectivity index (χ4v) is 1.08. The smallest absolute Gasteiger partial charge is 0.269 e. The van der Waals surface area contributed by atoms with Gasteiger partial charge >= 0.3 is 0 Å². The lowest BCUT2D eigenvalue weighted by molar-refractivity contribution is -0.429. The molecule has 0 aliphatic heterocycles. The summed E-state index contributed by atoms with van der Waals surface area (Å²) in [6.07, 6.45) is 2.87. The highest BCUT2D eigenvalue weighted by molar-refractivity contribution is 5.26. The van der Waals surface area contributed by atoms with E-state index in [1.165, 1.54) is 0 Å². The SMILES string of the molecule is CC1=CC(N)=C([N+](=O)[O-])CC1. The minimum absolute atomic E-state index is 0.149. The molecule has 1 rings (SSSR count). The highest BCUT2D eigenvalue weighted by atomic mass is 16.6. The zero-order valence-electron chi connectivity index (χ0n) is 6.33. The van der Waals surface area contributed by atoms with Gasteiger partial charge in [-0.3, -0.25) is 10.1 Å². The van der Waals surface area contributed by atoms with Crippen LogP contribution in [-0.2, 0) is 0 Å². The maximum absolute atomic E-state index is 10.3.